The molecule has 1 saturated heterocycles. The van der Waals surface area contributed by atoms with Gasteiger partial charge in [-0.25, -0.2) is 4.39 Å². The summed E-state index contributed by atoms with van der Waals surface area (Å²) >= 11 is 5.87. The number of halogens is 2. The van der Waals surface area contributed by atoms with Crippen molar-refractivity contribution in [2.24, 2.45) is 0 Å². The van der Waals surface area contributed by atoms with Gasteiger partial charge in [-0.2, -0.15) is 0 Å². The molecule has 1 aromatic rings. The van der Waals surface area contributed by atoms with Gasteiger partial charge in [0.2, 0.25) is 0 Å². The summed E-state index contributed by atoms with van der Waals surface area (Å²) in [6.07, 6.45) is 0. The predicted molar refractivity (Wildman–Crippen MR) is 54.4 cm³/mol. The minimum atomic E-state index is -0.294. The minimum Gasteiger partial charge on any atom is -0.379 e. The molecule has 0 unspecified atom stereocenters. The Hall–Kier alpha value is -0.600. The highest BCUT2D eigenvalue weighted by molar-refractivity contribution is 6.18. The molecule has 1 aliphatic heterocycles. The number of rotatable bonds is 2. The van der Waals surface area contributed by atoms with Crippen molar-refractivity contribution in [3.05, 3.63) is 35.1 Å². The van der Waals surface area contributed by atoms with Crippen molar-refractivity contribution in [1.29, 1.82) is 0 Å². The van der Waals surface area contributed by atoms with Crippen LogP contribution in [0.1, 0.15) is 11.1 Å². The van der Waals surface area contributed by atoms with Gasteiger partial charge in [-0.3, -0.25) is 0 Å². The third-order valence-corrected chi connectivity index (χ3v) is 3.22. The third-order valence-electron chi connectivity index (χ3n) is 2.71. The molecule has 0 radical (unpaired) electrons. The van der Waals surface area contributed by atoms with Gasteiger partial charge < -0.3 is 4.74 Å². The van der Waals surface area contributed by atoms with Gasteiger partial charge in [-0.15, -0.1) is 11.6 Å². The van der Waals surface area contributed by atoms with Gasteiger partial charge in [0.05, 0.1) is 18.6 Å². The normalized spacial score (nSPS) is 19.1. The van der Waals surface area contributed by atoms with Gasteiger partial charge in [0.25, 0.3) is 0 Å². The molecule has 2 rings (SSSR count). The Kier molecular flexibility index (Phi) is 2.50. The molecule has 0 aromatic heterocycles. The van der Waals surface area contributed by atoms with Crippen LogP contribution in [-0.2, 0) is 10.2 Å². The van der Waals surface area contributed by atoms with Gasteiger partial charge in [-0.1, -0.05) is 17.7 Å². The molecular formula is C11H12ClFO. The maximum atomic E-state index is 13.6. The summed E-state index contributed by atoms with van der Waals surface area (Å²) in [5.41, 5.74) is 1.45. The van der Waals surface area contributed by atoms with Crippen molar-refractivity contribution in [2.45, 2.75) is 12.3 Å². The summed E-state index contributed by atoms with van der Waals surface area (Å²) < 4.78 is 18.7. The smallest absolute Gasteiger partial charge is 0.127 e. The molecule has 14 heavy (non-hydrogen) atoms. The first-order valence-corrected chi connectivity index (χ1v) is 5.12. The van der Waals surface area contributed by atoms with Crippen LogP contribution in [0.25, 0.3) is 0 Å². The Morgan fingerprint density at radius 2 is 2.21 bits per heavy atom. The maximum Gasteiger partial charge on any atom is 0.127 e. The van der Waals surface area contributed by atoms with Gasteiger partial charge in [-0.05, 0) is 13.0 Å². The van der Waals surface area contributed by atoms with Gasteiger partial charge in [0.1, 0.15) is 5.82 Å². The highest BCUT2D eigenvalue weighted by Crippen LogP contribution is 2.35. The van der Waals surface area contributed by atoms with Crippen LogP contribution in [0, 0.1) is 12.7 Å². The molecule has 0 saturated carbocycles. The SMILES string of the molecule is Cc1ccc(F)c(C2(CCl)COC2)c1. The summed E-state index contributed by atoms with van der Waals surface area (Å²) in [5, 5.41) is 0. The Bertz CT molecular complexity index is 342. The summed E-state index contributed by atoms with van der Waals surface area (Å²) in [4.78, 5) is 0. The van der Waals surface area contributed by atoms with Crippen LogP contribution >= 0.6 is 11.6 Å². The molecular weight excluding hydrogens is 203 g/mol. The number of hydrogen-bond donors (Lipinski definition) is 0. The zero-order chi connectivity index (χ0) is 10.2. The van der Waals surface area contributed by atoms with Crippen molar-refractivity contribution in [1.82, 2.24) is 0 Å². The van der Waals surface area contributed by atoms with Crippen LogP contribution in [0.15, 0.2) is 18.2 Å². The highest BCUT2D eigenvalue weighted by atomic mass is 35.5. The second-order valence-corrected chi connectivity index (χ2v) is 4.16. The fraction of sp³-hybridized carbons (Fsp3) is 0.455. The first kappa shape index (κ1) is 9.94. The Labute approximate surface area is 87.8 Å². The zero-order valence-corrected chi connectivity index (χ0v) is 8.77. The molecule has 0 aliphatic carbocycles. The quantitative estimate of drug-likeness (QED) is 0.688. The first-order valence-electron chi connectivity index (χ1n) is 4.58. The van der Waals surface area contributed by atoms with E-state index in [9.17, 15) is 4.39 Å². The Balaban J connectivity index is 2.43. The number of benzene rings is 1. The minimum absolute atomic E-state index is 0.181. The van der Waals surface area contributed by atoms with Crippen molar-refractivity contribution in [3.8, 4) is 0 Å². The van der Waals surface area contributed by atoms with Crippen molar-refractivity contribution >= 4 is 11.6 Å². The molecule has 0 bridgehead atoms. The monoisotopic (exact) mass is 214 g/mol. The van der Waals surface area contributed by atoms with Crippen LogP contribution in [0.2, 0.25) is 0 Å². The molecule has 0 amide bonds. The van der Waals surface area contributed by atoms with E-state index in [1.807, 2.05) is 13.0 Å². The molecule has 0 N–H and O–H groups in total. The average Bonchev–Trinajstić information content (AvgIpc) is 2.10. The number of aryl methyl sites for hydroxylation is 1. The van der Waals surface area contributed by atoms with Crippen molar-refractivity contribution in [3.63, 3.8) is 0 Å². The summed E-state index contributed by atoms with van der Waals surface area (Å²) in [6.45, 7) is 3.00. The van der Waals surface area contributed by atoms with E-state index >= 15 is 0 Å². The zero-order valence-electron chi connectivity index (χ0n) is 8.02. The van der Waals surface area contributed by atoms with Crippen LogP contribution in [0.3, 0.4) is 0 Å². The molecule has 76 valence electrons. The number of hydrogen-bond acceptors (Lipinski definition) is 1. The molecule has 1 heterocycles. The largest absolute Gasteiger partial charge is 0.379 e. The van der Waals surface area contributed by atoms with E-state index in [0.717, 1.165) is 5.56 Å². The van der Waals surface area contributed by atoms with Gasteiger partial charge >= 0.3 is 0 Å². The molecule has 3 heteroatoms. The molecule has 0 spiro atoms. The van der Waals surface area contributed by atoms with E-state index in [4.69, 9.17) is 16.3 Å². The van der Waals surface area contributed by atoms with Gasteiger partial charge in [0.15, 0.2) is 0 Å². The van der Waals surface area contributed by atoms with E-state index in [0.29, 0.717) is 24.7 Å². The molecule has 1 aliphatic rings. The van der Waals surface area contributed by atoms with Crippen LogP contribution in [0.4, 0.5) is 4.39 Å². The first-order chi connectivity index (χ1) is 6.68. The van der Waals surface area contributed by atoms with Crippen molar-refractivity contribution in [2.75, 3.05) is 19.1 Å². The van der Waals surface area contributed by atoms with E-state index in [-0.39, 0.29) is 11.2 Å². The van der Waals surface area contributed by atoms with E-state index in [2.05, 4.69) is 0 Å². The fourth-order valence-electron chi connectivity index (χ4n) is 1.70. The second-order valence-electron chi connectivity index (χ2n) is 3.89. The lowest BCUT2D eigenvalue weighted by atomic mass is 9.79. The van der Waals surface area contributed by atoms with Gasteiger partial charge in [0, 0.05) is 11.4 Å². The lowest BCUT2D eigenvalue weighted by Crippen LogP contribution is -2.49. The second kappa shape index (κ2) is 3.52. The summed E-state index contributed by atoms with van der Waals surface area (Å²) in [5.74, 6) is 0.229. The molecule has 1 nitrogen and oxygen atoms in total. The average molecular weight is 215 g/mol. The van der Waals surface area contributed by atoms with Crippen LogP contribution < -0.4 is 0 Å². The number of ether oxygens (including phenoxy) is 1. The fourth-order valence-corrected chi connectivity index (χ4v) is 2.00. The standard InChI is InChI=1S/C11H12ClFO/c1-8-2-3-10(13)9(4-8)11(5-12)6-14-7-11/h2-4H,5-7H2,1H3. The molecule has 0 atom stereocenters. The van der Waals surface area contributed by atoms with Crippen molar-refractivity contribution < 1.29 is 9.13 Å². The van der Waals surface area contributed by atoms with E-state index in [1.54, 1.807) is 6.07 Å². The lowest BCUT2D eigenvalue weighted by Gasteiger charge is -2.40. The Morgan fingerprint density at radius 1 is 1.50 bits per heavy atom. The predicted octanol–water partition coefficient (Wildman–Crippen LogP) is 2.64. The summed E-state index contributed by atoms with van der Waals surface area (Å²) in [6, 6.07) is 5.12. The lowest BCUT2D eigenvalue weighted by molar-refractivity contribution is -0.0495. The topological polar surface area (TPSA) is 9.23 Å². The molecule has 1 aromatic carbocycles. The van der Waals surface area contributed by atoms with Crippen LogP contribution in [-0.4, -0.2) is 19.1 Å². The summed E-state index contributed by atoms with van der Waals surface area (Å²) in [7, 11) is 0. The van der Waals surface area contributed by atoms with E-state index < -0.39 is 0 Å². The molecule has 1 fully saturated rings. The van der Waals surface area contributed by atoms with E-state index in [1.165, 1.54) is 6.07 Å². The third kappa shape index (κ3) is 1.43. The maximum absolute atomic E-state index is 13.6. The number of alkyl halides is 1. The Morgan fingerprint density at radius 3 is 2.71 bits per heavy atom. The highest BCUT2D eigenvalue weighted by Gasteiger charge is 2.41. The van der Waals surface area contributed by atoms with Crippen LogP contribution in [0.5, 0.6) is 0 Å².